The van der Waals surface area contributed by atoms with Gasteiger partial charge in [-0.15, -0.1) is 0 Å². The number of aliphatic hydroxyl groups is 4. The highest BCUT2D eigenvalue weighted by Crippen LogP contribution is 2.13. The molecule has 0 saturated heterocycles. The molecule has 0 fully saturated rings. The Morgan fingerprint density at radius 1 is 0.812 bits per heavy atom. The van der Waals surface area contributed by atoms with E-state index in [1.165, 1.54) is 0 Å². The topological polar surface area (TPSA) is 156 Å². The van der Waals surface area contributed by atoms with Crippen molar-refractivity contribution >= 4 is 22.2 Å². The maximum absolute atomic E-state index is 10.6. The molecule has 16 heavy (non-hydrogen) atoms. The zero-order chi connectivity index (χ0) is 13.0. The summed E-state index contributed by atoms with van der Waals surface area (Å²) < 4.78 is 36.4. The van der Waals surface area contributed by atoms with Crippen LogP contribution in [0.15, 0.2) is 0 Å². The van der Waals surface area contributed by atoms with Crippen molar-refractivity contribution < 1.29 is 37.9 Å². The lowest BCUT2D eigenvalue weighted by Crippen LogP contribution is -2.50. The molecule has 0 rings (SSSR count). The van der Waals surface area contributed by atoms with Gasteiger partial charge < -0.3 is 29.5 Å². The van der Waals surface area contributed by atoms with Crippen molar-refractivity contribution in [2.75, 3.05) is 0 Å². The molecule has 98 valence electrons. The predicted molar refractivity (Wildman–Crippen MR) is 55.0 cm³/mol. The lowest BCUT2D eigenvalue weighted by Gasteiger charge is -2.27. The van der Waals surface area contributed by atoms with Crippen molar-refractivity contribution in [3.63, 3.8) is 0 Å². The molecule has 8 nitrogen and oxygen atoms in total. The Labute approximate surface area is 96.5 Å². The van der Waals surface area contributed by atoms with Crippen molar-refractivity contribution in [3.8, 4) is 0 Å². The quantitative estimate of drug-likeness (QED) is 0.285. The smallest absolute Gasteiger partial charge is 0.189 e. The normalized spacial score (nSPS) is 25.2. The second kappa shape index (κ2) is 6.71. The van der Waals surface area contributed by atoms with E-state index in [4.69, 9.17) is 19.3 Å². The first kappa shape index (κ1) is 16.1. The summed E-state index contributed by atoms with van der Waals surface area (Å²) in [6.45, 7) is 1.11. The molecule has 0 aliphatic carbocycles. The van der Waals surface area contributed by atoms with E-state index in [1.807, 2.05) is 0 Å². The highest BCUT2D eigenvalue weighted by molar-refractivity contribution is 7.97. The van der Waals surface area contributed by atoms with E-state index in [-0.39, 0.29) is 0 Å². The maximum atomic E-state index is 10.6. The van der Waals surface area contributed by atoms with Crippen LogP contribution in [-0.4, -0.2) is 66.9 Å². The van der Waals surface area contributed by atoms with Crippen LogP contribution in [0.25, 0.3) is 0 Å². The van der Waals surface area contributed by atoms with Gasteiger partial charge in [-0.3, -0.25) is 0 Å². The van der Waals surface area contributed by atoms with Crippen LogP contribution < -0.4 is 0 Å². The first-order valence-electron chi connectivity index (χ1n) is 4.11. The van der Waals surface area contributed by atoms with Gasteiger partial charge in [0.1, 0.15) is 18.3 Å². The minimum atomic E-state index is -2.87. The lowest BCUT2D eigenvalue weighted by molar-refractivity contribution is -0.0961. The second-order valence-electron chi connectivity index (χ2n) is 3.13. The molecular weight excluding hydrogens is 264 g/mol. The van der Waals surface area contributed by atoms with Gasteiger partial charge in [0, 0.05) is 0 Å². The number of rotatable bonds is 6. The fourth-order valence-electron chi connectivity index (χ4n) is 0.957. The van der Waals surface area contributed by atoms with Crippen LogP contribution in [0.4, 0.5) is 0 Å². The highest BCUT2D eigenvalue weighted by Gasteiger charge is 2.39. The van der Waals surface area contributed by atoms with Gasteiger partial charge in [-0.05, 0) is 6.92 Å². The second-order valence-corrected chi connectivity index (χ2v) is 5.55. The van der Waals surface area contributed by atoms with Crippen molar-refractivity contribution in [3.05, 3.63) is 0 Å². The van der Waals surface area contributed by atoms with E-state index in [0.29, 0.717) is 0 Å². The molecule has 10 heteroatoms. The highest BCUT2D eigenvalue weighted by atomic mass is 32.3. The molecule has 6 N–H and O–H groups in total. The van der Waals surface area contributed by atoms with Crippen molar-refractivity contribution in [2.45, 2.75) is 35.9 Å². The summed E-state index contributed by atoms with van der Waals surface area (Å²) in [5, 5.41) is 36.6. The molecule has 0 saturated carbocycles. The SMILES string of the molecule is CC(O)C(O)C(O)C(O)C(S(=O)O)S(=O)O. The minimum Gasteiger partial charge on any atom is -0.391 e. The van der Waals surface area contributed by atoms with E-state index < -0.39 is 51.2 Å². The molecule has 0 amide bonds. The number of aliphatic hydroxyl groups excluding tert-OH is 4. The molecule has 6 atom stereocenters. The molecule has 6 unspecified atom stereocenters. The summed E-state index contributed by atoms with van der Waals surface area (Å²) in [6.07, 6.45) is -7.35. The van der Waals surface area contributed by atoms with E-state index in [0.717, 1.165) is 6.92 Å². The molecule has 0 bridgehead atoms. The lowest BCUT2D eigenvalue weighted by atomic mass is 10.1. The zero-order valence-corrected chi connectivity index (χ0v) is 9.84. The third kappa shape index (κ3) is 4.14. The standard InChI is InChI=1S/C6H14O8S2/c1-2(7)3(8)4(9)5(10)6(15(11)12)16(13)14/h2-10H,1H3,(H,11,12)(H,13,14). The average molecular weight is 278 g/mol. The summed E-state index contributed by atoms with van der Waals surface area (Å²) in [7, 11) is 0. The fraction of sp³-hybridized carbons (Fsp3) is 1.00. The van der Waals surface area contributed by atoms with Gasteiger partial charge in [-0.2, -0.15) is 0 Å². The summed E-state index contributed by atoms with van der Waals surface area (Å²) in [6, 6.07) is 0. The summed E-state index contributed by atoms with van der Waals surface area (Å²) in [5.74, 6) is 0. The molecule has 0 spiro atoms. The Balaban J connectivity index is 4.80. The largest absolute Gasteiger partial charge is 0.391 e. The van der Waals surface area contributed by atoms with Gasteiger partial charge in [0.2, 0.25) is 0 Å². The molecule has 0 aliphatic heterocycles. The number of hydrogen-bond donors (Lipinski definition) is 6. The Hall–Kier alpha value is 0.0600. The first-order valence-corrected chi connectivity index (χ1v) is 6.45. The van der Waals surface area contributed by atoms with Crippen LogP contribution in [0.1, 0.15) is 6.92 Å². The van der Waals surface area contributed by atoms with Crippen LogP contribution in [0.5, 0.6) is 0 Å². The summed E-state index contributed by atoms with van der Waals surface area (Å²) >= 11 is -5.73. The molecule has 0 aromatic rings. The predicted octanol–water partition coefficient (Wildman–Crippen LogP) is -2.78. The van der Waals surface area contributed by atoms with Crippen LogP contribution in [-0.2, 0) is 22.2 Å². The van der Waals surface area contributed by atoms with Crippen LogP contribution in [0.3, 0.4) is 0 Å². The average Bonchev–Trinajstić information content (AvgIpc) is 2.13. The van der Waals surface area contributed by atoms with E-state index in [1.54, 1.807) is 0 Å². The Morgan fingerprint density at radius 2 is 1.19 bits per heavy atom. The molecule has 0 radical (unpaired) electrons. The van der Waals surface area contributed by atoms with E-state index in [9.17, 15) is 18.6 Å². The number of hydrogen-bond acceptors (Lipinski definition) is 6. The van der Waals surface area contributed by atoms with Gasteiger partial charge in [0.15, 0.2) is 26.7 Å². The Bertz CT molecular complexity index is 255. The molecule has 0 aromatic carbocycles. The van der Waals surface area contributed by atoms with Crippen LogP contribution in [0, 0.1) is 0 Å². The summed E-state index contributed by atoms with van der Waals surface area (Å²) in [5.41, 5.74) is 0. The van der Waals surface area contributed by atoms with Gasteiger partial charge in [-0.25, -0.2) is 8.42 Å². The van der Waals surface area contributed by atoms with Gasteiger partial charge in [-0.1, -0.05) is 0 Å². The summed E-state index contributed by atoms with van der Waals surface area (Å²) in [4.78, 5) is 0. The molecule has 0 aromatic heterocycles. The van der Waals surface area contributed by atoms with Crippen LogP contribution >= 0.6 is 0 Å². The fourth-order valence-corrected chi connectivity index (χ4v) is 2.32. The van der Waals surface area contributed by atoms with Gasteiger partial charge in [0.05, 0.1) is 6.10 Å². The Kier molecular flexibility index (Phi) is 6.74. The maximum Gasteiger partial charge on any atom is 0.189 e. The van der Waals surface area contributed by atoms with Crippen LogP contribution in [0.2, 0.25) is 0 Å². The van der Waals surface area contributed by atoms with Crippen molar-refractivity contribution in [2.24, 2.45) is 0 Å². The molecule has 0 heterocycles. The Morgan fingerprint density at radius 3 is 1.44 bits per heavy atom. The van der Waals surface area contributed by atoms with Gasteiger partial charge >= 0.3 is 0 Å². The third-order valence-corrected chi connectivity index (χ3v) is 4.21. The zero-order valence-electron chi connectivity index (χ0n) is 8.20. The van der Waals surface area contributed by atoms with E-state index in [2.05, 4.69) is 0 Å². The van der Waals surface area contributed by atoms with Gasteiger partial charge in [0.25, 0.3) is 0 Å². The minimum absolute atomic E-state index is 1.11. The van der Waals surface area contributed by atoms with Crippen molar-refractivity contribution in [1.29, 1.82) is 0 Å². The third-order valence-electron chi connectivity index (χ3n) is 1.87. The molecule has 0 aliphatic rings. The van der Waals surface area contributed by atoms with E-state index >= 15 is 0 Å². The van der Waals surface area contributed by atoms with Crippen molar-refractivity contribution in [1.82, 2.24) is 0 Å². The monoisotopic (exact) mass is 278 g/mol. The first-order chi connectivity index (χ1) is 7.20. The molecular formula is C6H14O8S2.